The Morgan fingerprint density at radius 3 is 1.24 bits per heavy atom. The molecule has 0 aromatic heterocycles. The molecule has 0 aromatic rings. The molecule has 0 bridgehead atoms. The number of rotatable bonds is 18. The Kier molecular flexibility index (Phi) is 67.6. The summed E-state index contributed by atoms with van der Waals surface area (Å²) in [6.45, 7) is 27.2. The second-order valence-corrected chi connectivity index (χ2v) is 8.64. The highest BCUT2D eigenvalue weighted by atomic mass is 14.0. The van der Waals surface area contributed by atoms with E-state index in [9.17, 15) is 0 Å². The zero-order valence-corrected chi connectivity index (χ0v) is 25.7. The van der Waals surface area contributed by atoms with Crippen molar-refractivity contribution in [2.24, 2.45) is 0 Å². The van der Waals surface area contributed by atoms with Gasteiger partial charge in [-0.2, -0.15) is 0 Å². The Labute approximate surface area is 220 Å². The molecule has 0 N–H and O–H groups in total. The summed E-state index contributed by atoms with van der Waals surface area (Å²) in [6.07, 6.45) is 33.2. The van der Waals surface area contributed by atoms with Crippen LogP contribution >= 0.6 is 0 Å². The molecule has 206 valence electrons. The van der Waals surface area contributed by atoms with E-state index in [1.165, 1.54) is 115 Å². The SMILES string of the molecule is C=C.C=C(C)CCCCCCC/C=C\C/C=C\CCCCC.CC.CCCC.CCCCCC. The lowest BCUT2D eigenvalue weighted by Gasteiger charge is -2.00. The molecular formula is C34H70. The molecule has 0 amide bonds. The fourth-order valence-electron chi connectivity index (χ4n) is 2.74. The van der Waals surface area contributed by atoms with Crippen molar-refractivity contribution in [1.29, 1.82) is 0 Å². The molecule has 0 aliphatic carbocycles. The first-order chi connectivity index (χ1) is 16.6. The first kappa shape index (κ1) is 43.1. The van der Waals surface area contributed by atoms with Crippen molar-refractivity contribution in [3.8, 4) is 0 Å². The molecule has 0 radical (unpaired) electrons. The lowest BCUT2D eigenvalue weighted by Crippen LogP contribution is -1.80. The van der Waals surface area contributed by atoms with Crippen LogP contribution in [0.25, 0.3) is 0 Å². The average molecular weight is 479 g/mol. The standard InChI is InChI=1S/C20H36.C6H14.C4H10.C2H6.C2H4/c1-4-5-6-7-8-9-10-11-12-13-14-15-16-17-18-19-20(2)3;1-3-5-6-4-2;1-3-4-2;2*1-2/h8-9,11-12H,2,4-7,10,13-19H2,1,3H3;3-6H2,1-2H3;3-4H2,1-2H3;1-2H3;1-2H2/b9-8-,12-11-;;;;. The maximum absolute atomic E-state index is 3.94. The molecule has 0 atom stereocenters. The summed E-state index contributed by atoms with van der Waals surface area (Å²) in [6, 6.07) is 0. The van der Waals surface area contributed by atoms with Crippen LogP contribution in [0, 0.1) is 0 Å². The van der Waals surface area contributed by atoms with E-state index in [4.69, 9.17) is 0 Å². The Hall–Kier alpha value is -1.04. The molecule has 0 nitrogen and oxygen atoms in total. The van der Waals surface area contributed by atoms with Crippen LogP contribution in [0.3, 0.4) is 0 Å². The molecule has 0 heteroatoms. The lowest BCUT2D eigenvalue weighted by atomic mass is 10.1. The van der Waals surface area contributed by atoms with E-state index in [2.05, 4.69) is 85.6 Å². The molecule has 34 heavy (non-hydrogen) atoms. The van der Waals surface area contributed by atoms with Crippen LogP contribution in [0.15, 0.2) is 49.6 Å². The van der Waals surface area contributed by atoms with Crippen LogP contribution in [0.5, 0.6) is 0 Å². The smallest absolute Gasteiger partial charge is 0.0169 e. The summed E-state index contributed by atoms with van der Waals surface area (Å²) in [5.74, 6) is 0. The maximum atomic E-state index is 3.94. The zero-order valence-electron chi connectivity index (χ0n) is 25.7. The predicted molar refractivity (Wildman–Crippen MR) is 167 cm³/mol. The second kappa shape index (κ2) is 53.4. The van der Waals surface area contributed by atoms with E-state index in [0.29, 0.717) is 0 Å². The molecule has 0 saturated carbocycles. The van der Waals surface area contributed by atoms with E-state index in [1.807, 2.05) is 13.8 Å². The van der Waals surface area contributed by atoms with Crippen molar-refractivity contribution in [1.82, 2.24) is 0 Å². The van der Waals surface area contributed by atoms with Gasteiger partial charge in [0.1, 0.15) is 0 Å². The van der Waals surface area contributed by atoms with Gasteiger partial charge in [-0.3, -0.25) is 0 Å². The Balaban J connectivity index is -0.000000164. The minimum Gasteiger partial charge on any atom is -0.106 e. The van der Waals surface area contributed by atoms with Crippen LogP contribution in [-0.4, -0.2) is 0 Å². The van der Waals surface area contributed by atoms with Crippen LogP contribution in [0.1, 0.15) is 171 Å². The van der Waals surface area contributed by atoms with E-state index >= 15 is 0 Å². The number of hydrogen-bond acceptors (Lipinski definition) is 0. The summed E-state index contributed by atoms with van der Waals surface area (Å²) in [4.78, 5) is 0. The third kappa shape index (κ3) is 69.8. The van der Waals surface area contributed by atoms with Gasteiger partial charge in [0.05, 0.1) is 0 Å². The van der Waals surface area contributed by atoms with Gasteiger partial charge in [-0.1, -0.05) is 149 Å². The van der Waals surface area contributed by atoms with E-state index in [1.54, 1.807) is 0 Å². The molecule has 0 aliphatic rings. The molecular weight excluding hydrogens is 408 g/mol. The molecule has 0 spiro atoms. The molecule has 0 unspecified atom stereocenters. The van der Waals surface area contributed by atoms with Gasteiger partial charge in [0.25, 0.3) is 0 Å². The first-order valence-corrected chi connectivity index (χ1v) is 15.0. The van der Waals surface area contributed by atoms with Crippen LogP contribution in [0.2, 0.25) is 0 Å². The van der Waals surface area contributed by atoms with Crippen molar-refractivity contribution in [2.75, 3.05) is 0 Å². The monoisotopic (exact) mass is 479 g/mol. The number of allylic oxidation sites excluding steroid dienone is 5. The van der Waals surface area contributed by atoms with Gasteiger partial charge >= 0.3 is 0 Å². The minimum atomic E-state index is 1.12. The topological polar surface area (TPSA) is 0 Å². The highest BCUT2D eigenvalue weighted by Gasteiger charge is 1.90. The number of unbranched alkanes of at least 4 members (excludes halogenated alkanes) is 12. The molecule has 0 fully saturated rings. The Morgan fingerprint density at radius 1 is 0.500 bits per heavy atom. The van der Waals surface area contributed by atoms with Gasteiger partial charge in [0.15, 0.2) is 0 Å². The third-order valence-corrected chi connectivity index (χ3v) is 5.01. The van der Waals surface area contributed by atoms with E-state index in [0.717, 1.165) is 6.42 Å². The summed E-state index contributed by atoms with van der Waals surface area (Å²) < 4.78 is 0. The van der Waals surface area contributed by atoms with E-state index in [-0.39, 0.29) is 0 Å². The summed E-state index contributed by atoms with van der Waals surface area (Å²) in [7, 11) is 0. The Morgan fingerprint density at radius 2 is 0.853 bits per heavy atom. The largest absolute Gasteiger partial charge is 0.106 e. The third-order valence-electron chi connectivity index (χ3n) is 5.01. The molecule has 0 rings (SSSR count). The quantitative estimate of drug-likeness (QED) is 0.136. The van der Waals surface area contributed by atoms with Crippen molar-refractivity contribution >= 4 is 0 Å². The van der Waals surface area contributed by atoms with Crippen LogP contribution in [-0.2, 0) is 0 Å². The summed E-state index contributed by atoms with van der Waals surface area (Å²) in [5.41, 5.74) is 1.33. The molecule has 0 heterocycles. The fourth-order valence-corrected chi connectivity index (χ4v) is 2.74. The molecule has 0 aliphatic heterocycles. The predicted octanol–water partition coefficient (Wildman–Crippen LogP) is 13.6. The van der Waals surface area contributed by atoms with Crippen molar-refractivity contribution < 1.29 is 0 Å². The fraction of sp³-hybridized carbons (Fsp3) is 0.765. The van der Waals surface area contributed by atoms with Gasteiger partial charge in [-0.05, 0) is 51.9 Å². The second-order valence-electron chi connectivity index (χ2n) is 8.64. The highest BCUT2D eigenvalue weighted by molar-refractivity contribution is 4.92. The van der Waals surface area contributed by atoms with Gasteiger partial charge in [0, 0.05) is 0 Å². The maximum Gasteiger partial charge on any atom is -0.0169 e. The highest BCUT2D eigenvalue weighted by Crippen LogP contribution is 2.10. The van der Waals surface area contributed by atoms with Crippen LogP contribution < -0.4 is 0 Å². The van der Waals surface area contributed by atoms with Crippen molar-refractivity contribution in [3.05, 3.63) is 49.6 Å². The van der Waals surface area contributed by atoms with Gasteiger partial charge in [0.2, 0.25) is 0 Å². The number of hydrogen-bond donors (Lipinski definition) is 0. The molecule has 0 aromatic carbocycles. The van der Waals surface area contributed by atoms with Crippen molar-refractivity contribution in [2.45, 2.75) is 171 Å². The van der Waals surface area contributed by atoms with Gasteiger partial charge < -0.3 is 0 Å². The minimum absolute atomic E-state index is 1.12. The summed E-state index contributed by atoms with van der Waals surface area (Å²) in [5, 5.41) is 0. The van der Waals surface area contributed by atoms with E-state index < -0.39 is 0 Å². The summed E-state index contributed by atoms with van der Waals surface area (Å²) >= 11 is 0. The van der Waals surface area contributed by atoms with Gasteiger partial charge in [-0.25, -0.2) is 0 Å². The van der Waals surface area contributed by atoms with Crippen molar-refractivity contribution in [3.63, 3.8) is 0 Å². The lowest BCUT2D eigenvalue weighted by molar-refractivity contribution is 0.616. The Bertz CT molecular complexity index is 341. The zero-order chi connectivity index (χ0) is 27.1. The van der Waals surface area contributed by atoms with Crippen LogP contribution in [0.4, 0.5) is 0 Å². The molecule has 0 saturated heterocycles. The average Bonchev–Trinajstić information content (AvgIpc) is 2.88. The van der Waals surface area contributed by atoms with Gasteiger partial charge in [-0.15, -0.1) is 19.7 Å². The first-order valence-electron chi connectivity index (χ1n) is 15.0. The normalized spacial score (nSPS) is 9.65.